The van der Waals surface area contributed by atoms with E-state index in [2.05, 4.69) is 9.80 Å². The van der Waals surface area contributed by atoms with Gasteiger partial charge in [-0.3, -0.25) is 0 Å². The first-order chi connectivity index (χ1) is 19.1. The van der Waals surface area contributed by atoms with Gasteiger partial charge < -0.3 is 30.2 Å². The number of pyridine rings is 2. The molecule has 8 heteroatoms. The molecular formula is C31H34N4O4. The van der Waals surface area contributed by atoms with Crippen molar-refractivity contribution < 1.29 is 20.4 Å². The average Bonchev–Trinajstić information content (AvgIpc) is 3.27. The second kappa shape index (κ2) is 12.4. The van der Waals surface area contributed by atoms with Crippen molar-refractivity contribution in [2.24, 2.45) is 0 Å². The minimum Gasteiger partial charge on any atom is -0.392 e. The van der Waals surface area contributed by atoms with Crippen LogP contribution in [0, 0.1) is 0 Å². The Kier molecular flexibility index (Phi) is 8.48. The van der Waals surface area contributed by atoms with E-state index in [9.17, 15) is 20.4 Å². The van der Waals surface area contributed by atoms with Crippen LogP contribution in [0.25, 0.3) is 22.3 Å². The highest BCUT2D eigenvalue weighted by molar-refractivity contribution is 5.67. The van der Waals surface area contributed by atoms with Crippen LogP contribution in [0.1, 0.15) is 28.7 Å². The number of benzene rings is 2. The molecule has 1 aliphatic heterocycles. The molecule has 3 heterocycles. The maximum Gasteiger partial charge on any atom is 0.128 e. The number of aliphatic hydroxyl groups excluding tert-OH is 4. The van der Waals surface area contributed by atoms with Crippen LogP contribution < -0.4 is 9.80 Å². The molecule has 4 N–H and O–H groups in total. The lowest BCUT2D eigenvalue weighted by Gasteiger charge is -2.23. The Morgan fingerprint density at radius 1 is 0.487 bits per heavy atom. The van der Waals surface area contributed by atoms with Crippen LogP contribution in [0.4, 0.5) is 11.6 Å². The summed E-state index contributed by atoms with van der Waals surface area (Å²) in [7, 11) is 0. The third kappa shape index (κ3) is 6.26. The maximum absolute atomic E-state index is 9.55. The van der Waals surface area contributed by atoms with Crippen LogP contribution in [-0.2, 0) is 26.4 Å². The third-order valence-corrected chi connectivity index (χ3v) is 7.14. The minimum absolute atomic E-state index is 0.0737. The summed E-state index contributed by atoms with van der Waals surface area (Å²) in [6.07, 6.45) is 4.68. The Morgan fingerprint density at radius 2 is 0.872 bits per heavy atom. The molecule has 0 spiro atoms. The van der Waals surface area contributed by atoms with Crippen LogP contribution in [0.15, 0.2) is 73.1 Å². The minimum atomic E-state index is -0.0737. The Labute approximate surface area is 228 Å². The lowest BCUT2D eigenvalue weighted by Crippen LogP contribution is -2.31. The molecule has 8 nitrogen and oxygen atoms in total. The van der Waals surface area contributed by atoms with Gasteiger partial charge in [0.2, 0.25) is 0 Å². The van der Waals surface area contributed by atoms with Gasteiger partial charge in [-0.2, -0.15) is 0 Å². The molecule has 4 aromatic rings. The summed E-state index contributed by atoms with van der Waals surface area (Å²) < 4.78 is 0. The Hall–Kier alpha value is -3.82. The SMILES string of the molecule is OCc1cc(CO)cc(-c2ccc(N3CCCN(c4ccc(-c5cc(CO)cc(CO)c5)cn4)CC3)nc2)c1. The number of aliphatic hydroxyl groups is 4. The zero-order valence-corrected chi connectivity index (χ0v) is 21.9. The van der Waals surface area contributed by atoms with E-state index >= 15 is 0 Å². The molecule has 5 rings (SSSR count). The molecule has 2 aromatic carbocycles. The first-order valence-electron chi connectivity index (χ1n) is 13.2. The van der Waals surface area contributed by atoms with Gasteiger partial charge in [0.25, 0.3) is 0 Å². The van der Waals surface area contributed by atoms with Crippen molar-refractivity contribution in [1.29, 1.82) is 0 Å². The Morgan fingerprint density at radius 3 is 1.18 bits per heavy atom. The summed E-state index contributed by atoms with van der Waals surface area (Å²) in [4.78, 5) is 14.0. The molecule has 39 heavy (non-hydrogen) atoms. The van der Waals surface area contributed by atoms with Crippen molar-refractivity contribution in [2.45, 2.75) is 32.8 Å². The van der Waals surface area contributed by atoms with Crippen molar-refractivity contribution in [3.8, 4) is 22.3 Å². The summed E-state index contributed by atoms with van der Waals surface area (Å²) in [6, 6.07) is 19.4. The molecule has 0 saturated carbocycles. The molecule has 0 radical (unpaired) electrons. The molecule has 2 aromatic heterocycles. The number of rotatable bonds is 8. The second-order valence-electron chi connectivity index (χ2n) is 9.85. The van der Waals surface area contributed by atoms with Crippen LogP contribution in [0.3, 0.4) is 0 Å². The fourth-order valence-electron chi connectivity index (χ4n) is 5.09. The van der Waals surface area contributed by atoms with Gasteiger partial charge in [0.1, 0.15) is 11.6 Å². The zero-order valence-electron chi connectivity index (χ0n) is 21.9. The molecule has 0 amide bonds. The lowest BCUT2D eigenvalue weighted by atomic mass is 10.0. The van der Waals surface area contributed by atoms with Gasteiger partial charge in [-0.15, -0.1) is 0 Å². The fourth-order valence-corrected chi connectivity index (χ4v) is 5.09. The quantitative estimate of drug-likeness (QED) is 0.276. The van der Waals surface area contributed by atoms with E-state index in [-0.39, 0.29) is 26.4 Å². The predicted molar refractivity (Wildman–Crippen MR) is 152 cm³/mol. The standard InChI is InChI=1S/C31H34N4O4/c36-18-22-10-23(19-37)13-28(12-22)26-2-4-30(32-16-26)34-6-1-7-35(9-8-34)31-5-3-27(17-33-31)29-14-24(20-38)11-25(15-29)21-39/h2-5,10-17,36-39H,1,6-9,18-21H2. The van der Waals surface area contributed by atoms with Crippen LogP contribution in [-0.4, -0.2) is 56.6 Å². The van der Waals surface area contributed by atoms with Gasteiger partial charge in [0.15, 0.2) is 0 Å². The average molecular weight is 527 g/mol. The maximum atomic E-state index is 9.55. The van der Waals surface area contributed by atoms with E-state index in [1.54, 1.807) is 12.1 Å². The molecule has 0 unspecified atom stereocenters. The van der Waals surface area contributed by atoms with Crippen molar-refractivity contribution in [1.82, 2.24) is 9.97 Å². The van der Waals surface area contributed by atoms with Gasteiger partial charge in [-0.1, -0.05) is 12.1 Å². The molecule has 1 aliphatic rings. The Balaban J connectivity index is 1.26. The summed E-state index contributed by atoms with van der Waals surface area (Å²) in [5.74, 6) is 1.85. The number of anilines is 2. The Bertz CT molecular complexity index is 1240. The van der Waals surface area contributed by atoms with Crippen molar-refractivity contribution in [2.75, 3.05) is 36.0 Å². The molecule has 0 aliphatic carbocycles. The van der Waals surface area contributed by atoms with Gasteiger partial charge in [0.05, 0.1) is 26.4 Å². The van der Waals surface area contributed by atoms with Crippen molar-refractivity contribution in [3.05, 3.63) is 95.3 Å². The molecule has 0 bridgehead atoms. The highest BCUT2D eigenvalue weighted by atomic mass is 16.3. The lowest BCUT2D eigenvalue weighted by molar-refractivity contribution is 0.275. The molecule has 0 atom stereocenters. The summed E-state index contributed by atoms with van der Waals surface area (Å²) in [5, 5.41) is 38.2. The van der Waals surface area contributed by atoms with E-state index in [4.69, 9.17) is 9.97 Å². The van der Waals surface area contributed by atoms with E-state index in [0.29, 0.717) is 0 Å². The third-order valence-electron chi connectivity index (χ3n) is 7.14. The highest BCUT2D eigenvalue weighted by Gasteiger charge is 2.18. The van der Waals surface area contributed by atoms with Gasteiger partial charge in [0, 0.05) is 49.7 Å². The van der Waals surface area contributed by atoms with E-state index in [1.807, 2.05) is 60.9 Å². The smallest absolute Gasteiger partial charge is 0.128 e. The summed E-state index contributed by atoms with van der Waals surface area (Å²) in [6.45, 7) is 3.14. The zero-order chi connectivity index (χ0) is 27.2. The van der Waals surface area contributed by atoms with E-state index in [1.165, 1.54) is 0 Å². The normalized spacial score (nSPS) is 13.9. The predicted octanol–water partition coefficient (Wildman–Crippen LogP) is 3.50. The van der Waals surface area contributed by atoms with Gasteiger partial charge >= 0.3 is 0 Å². The topological polar surface area (TPSA) is 113 Å². The first kappa shape index (κ1) is 26.8. The monoisotopic (exact) mass is 526 g/mol. The number of hydrogen-bond donors (Lipinski definition) is 4. The summed E-state index contributed by atoms with van der Waals surface area (Å²) >= 11 is 0. The van der Waals surface area contributed by atoms with Crippen molar-refractivity contribution in [3.63, 3.8) is 0 Å². The van der Waals surface area contributed by atoms with Crippen LogP contribution >= 0.6 is 0 Å². The van der Waals surface area contributed by atoms with Gasteiger partial charge in [-0.25, -0.2) is 9.97 Å². The molecule has 1 fully saturated rings. The number of aromatic nitrogens is 2. The summed E-state index contributed by atoms with van der Waals surface area (Å²) in [5.41, 5.74) is 6.81. The number of nitrogens with zero attached hydrogens (tertiary/aromatic N) is 4. The largest absolute Gasteiger partial charge is 0.392 e. The molecular weight excluding hydrogens is 492 g/mol. The van der Waals surface area contributed by atoms with Crippen LogP contribution in [0.5, 0.6) is 0 Å². The first-order valence-corrected chi connectivity index (χ1v) is 13.2. The van der Waals surface area contributed by atoms with Crippen LogP contribution in [0.2, 0.25) is 0 Å². The molecule has 202 valence electrons. The van der Waals surface area contributed by atoms with E-state index < -0.39 is 0 Å². The second-order valence-corrected chi connectivity index (χ2v) is 9.85. The van der Waals surface area contributed by atoms with Gasteiger partial charge in [-0.05, 0) is 88.3 Å². The number of hydrogen-bond acceptors (Lipinski definition) is 8. The van der Waals surface area contributed by atoms with Crippen molar-refractivity contribution >= 4 is 11.6 Å². The van der Waals surface area contributed by atoms with E-state index in [0.717, 1.165) is 88.7 Å². The molecule has 1 saturated heterocycles. The fraction of sp³-hybridized carbons (Fsp3) is 0.290. The highest BCUT2D eigenvalue weighted by Crippen LogP contribution is 2.27.